The first-order chi connectivity index (χ1) is 15.5. The van der Waals surface area contributed by atoms with Crippen molar-refractivity contribution < 1.29 is 14.0 Å². The van der Waals surface area contributed by atoms with Gasteiger partial charge in [0.15, 0.2) is 0 Å². The molecule has 1 fully saturated rings. The van der Waals surface area contributed by atoms with Crippen molar-refractivity contribution in [3.05, 3.63) is 76.5 Å². The quantitative estimate of drug-likeness (QED) is 0.559. The Hall–Kier alpha value is -3.13. The lowest BCUT2D eigenvalue weighted by atomic mass is 9.98. The maximum Gasteiger partial charge on any atom is 0.231 e. The number of hydrogen-bond donors (Lipinski definition) is 1. The fourth-order valence-corrected chi connectivity index (χ4v) is 4.71. The van der Waals surface area contributed by atoms with E-state index in [1.165, 1.54) is 29.0 Å². The van der Waals surface area contributed by atoms with Gasteiger partial charge in [-0.2, -0.15) is 0 Å². The van der Waals surface area contributed by atoms with Crippen molar-refractivity contribution in [3.63, 3.8) is 0 Å². The normalized spacial score (nSPS) is 16.9. The lowest BCUT2D eigenvalue weighted by Crippen LogP contribution is -2.30. The molecule has 166 valence electrons. The minimum atomic E-state index is -0.411. The number of anilines is 1. The molecule has 0 bridgehead atoms. The summed E-state index contributed by atoms with van der Waals surface area (Å²) in [6.45, 7) is 3.02. The van der Waals surface area contributed by atoms with Gasteiger partial charge < -0.3 is 10.2 Å². The van der Waals surface area contributed by atoms with Crippen LogP contribution in [-0.2, 0) is 22.4 Å². The van der Waals surface area contributed by atoms with Crippen LogP contribution in [0.1, 0.15) is 35.4 Å². The highest BCUT2D eigenvalue weighted by Gasteiger charge is 2.34. The standard InChI is InChI=1S/C24H25FN4O2S/c1-16(18-5-3-2-4-6-18)13-21-27-28-24(32-21)26-23(31)19-14-22(30)29(15-19)12-11-17-7-9-20(25)10-8-17/h2-10,16,19H,11-15H2,1H3,(H,26,28,31). The summed E-state index contributed by atoms with van der Waals surface area (Å²) < 4.78 is 13.0. The minimum absolute atomic E-state index is 0.0399. The molecule has 2 unspecified atom stereocenters. The molecule has 4 rings (SSSR count). The fraction of sp³-hybridized carbons (Fsp3) is 0.333. The molecule has 32 heavy (non-hydrogen) atoms. The first kappa shape index (κ1) is 22.1. The zero-order chi connectivity index (χ0) is 22.5. The molecule has 3 aromatic rings. The highest BCUT2D eigenvalue weighted by molar-refractivity contribution is 7.15. The number of nitrogens with one attached hydrogen (secondary N) is 1. The minimum Gasteiger partial charge on any atom is -0.342 e. The van der Waals surface area contributed by atoms with Crippen molar-refractivity contribution in [2.45, 2.75) is 32.1 Å². The van der Waals surface area contributed by atoms with Gasteiger partial charge in [0.1, 0.15) is 10.8 Å². The molecule has 2 aromatic carbocycles. The number of amides is 2. The number of halogens is 1. The Bertz CT molecular complexity index is 1070. The Morgan fingerprint density at radius 2 is 1.94 bits per heavy atom. The number of hydrogen-bond acceptors (Lipinski definition) is 5. The average Bonchev–Trinajstić information content (AvgIpc) is 3.40. The molecule has 1 aliphatic rings. The van der Waals surface area contributed by atoms with Gasteiger partial charge in [-0.3, -0.25) is 9.59 Å². The van der Waals surface area contributed by atoms with E-state index < -0.39 is 5.92 Å². The molecule has 2 heterocycles. The zero-order valence-electron chi connectivity index (χ0n) is 17.8. The van der Waals surface area contributed by atoms with E-state index in [-0.39, 0.29) is 24.1 Å². The molecule has 0 radical (unpaired) electrons. The third-order valence-electron chi connectivity index (χ3n) is 5.72. The summed E-state index contributed by atoms with van der Waals surface area (Å²) in [6, 6.07) is 16.5. The molecule has 1 aliphatic heterocycles. The van der Waals surface area contributed by atoms with Crippen molar-refractivity contribution in [1.29, 1.82) is 0 Å². The van der Waals surface area contributed by atoms with Crippen molar-refractivity contribution in [3.8, 4) is 0 Å². The van der Waals surface area contributed by atoms with Crippen LogP contribution >= 0.6 is 11.3 Å². The molecule has 8 heteroatoms. The van der Waals surface area contributed by atoms with E-state index in [1.807, 2.05) is 18.2 Å². The molecular formula is C24H25FN4O2S. The third-order valence-corrected chi connectivity index (χ3v) is 6.58. The predicted octanol–water partition coefficient (Wildman–Crippen LogP) is 4.05. The number of rotatable bonds is 8. The molecule has 6 nitrogen and oxygen atoms in total. The number of carbonyl (C=O) groups is 2. The number of benzene rings is 2. The van der Waals surface area contributed by atoms with Crippen LogP contribution in [0.5, 0.6) is 0 Å². The Labute approximate surface area is 190 Å². The lowest BCUT2D eigenvalue weighted by molar-refractivity contribution is -0.128. The fourth-order valence-electron chi connectivity index (χ4n) is 3.83. The second-order valence-electron chi connectivity index (χ2n) is 8.12. The highest BCUT2D eigenvalue weighted by atomic mass is 32.1. The summed E-state index contributed by atoms with van der Waals surface area (Å²) >= 11 is 1.37. The smallest absolute Gasteiger partial charge is 0.231 e. The van der Waals surface area contributed by atoms with Crippen LogP contribution < -0.4 is 5.32 Å². The summed E-state index contributed by atoms with van der Waals surface area (Å²) in [7, 11) is 0. The van der Waals surface area contributed by atoms with Crippen LogP contribution in [0.2, 0.25) is 0 Å². The molecule has 1 aromatic heterocycles. The van der Waals surface area contributed by atoms with Crippen LogP contribution in [0.25, 0.3) is 0 Å². The molecule has 1 saturated heterocycles. The van der Waals surface area contributed by atoms with Crippen molar-refractivity contribution >= 4 is 28.3 Å². The maximum absolute atomic E-state index is 13.0. The average molecular weight is 453 g/mol. The largest absolute Gasteiger partial charge is 0.342 e. The van der Waals surface area contributed by atoms with Crippen LogP contribution in [-0.4, -0.2) is 40.0 Å². The van der Waals surface area contributed by atoms with E-state index in [4.69, 9.17) is 0 Å². The Morgan fingerprint density at radius 3 is 2.69 bits per heavy atom. The van der Waals surface area contributed by atoms with Gasteiger partial charge in [-0.05, 0) is 35.6 Å². The van der Waals surface area contributed by atoms with E-state index in [2.05, 4.69) is 34.6 Å². The topological polar surface area (TPSA) is 75.2 Å². The van der Waals surface area contributed by atoms with E-state index in [9.17, 15) is 14.0 Å². The number of carbonyl (C=O) groups excluding carboxylic acids is 2. The van der Waals surface area contributed by atoms with E-state index in [0.29, 0.717) is 30.6 Å². The Kier molecular flexibility index (Phi) is 6.90. The van der Waals surface area contributed by atoms with Crippen LogP contribution in [0, 0.1) is 11.7 Å². The van der Waals surface area contributed by atoms with Crippen molar-refractivity contribution in [1.82, 2.24) is 15.1 Å². The molecule has 1 N–H and O–H groups in total. The van der Waals surface area contributed by atoms with Gasteiger partial charge in [-0.15, -0.1) is 10.2 Å². The van der Waals surface area contributed by atoms with E-state index in [0.717, 1.165) is 17.0 Å². The summed E-state index contributed by atoms with van der Waals surface area (Å²) in [4.78, 5) is 26.7. The maximum atomic E-state index is 13.0. The summed E-state index contributed by atoms with van der Waals surface area (Å²) in [5, 5.41) is 12.5. The summed E-state index contributed by atoms with van der Waals surface area (Å²) in [6.07, 6.45) is 1.56. The van der Waals surface area contributed by atoms with Crippen LogP contribution in [0.3, 0.4) is 0 Å². The number of likely N-dealkylation sites (tertiary alicyclic amines) is 1. The second kappa shape index (κ2) is 9.99. The lowest BCUT2D eigenvalue weighted by Gasteiger charge is -2.16. The predicted molar refractivity (Wildman–Crippen MR) is 122 cm³/mol. The molecule has 0 saturated carbocycles. The molecule has 2 atom stereocenters. The zero-order valence-corrected chi connectivity index (χ0v) is 18.6. The van der Waals surface area contributed by atoms with Gasteiger partial charge >= 0.3 is 0 Å². The molecule has 0 spiro atoms. The van der Waals surface area contributed by atoms with Crippen LogP contribution in [0.4, 0.5) is 9.52 Å². The van der Waals surface area contributed by atoms with Gasteiger partial charge in [-0.1, -0.05) is 60.7 Å². The molecular weight excluding hydrogens is 427 g/mol. The highest BCUT2D eigenvalue weighted by Crippen LogP contribution is 2.25. The van der Waals surface area contributed by atoms with Gasteiger partial charge in [0.2, 0.25) is 16.9 Å². The molecule has 2 amide bonds. The second-order valence-corrected chi connectivity index (χ2v) is 9.19. The number of aromatic nitrogens is 2. The van der Waals surface area contributed by atoms with E-state index in [1.54, 1.807) is 17.0 Å². The van der Waals surface area contributed by atoms with Crippen LogP contribution in [0.15, 0.2) is 54.6 Å². The van der Waals surface area contributed by atoms with Gasteiger partial charge in [-0.25, -0.2) is 4.39 Å². The summed E-state index contributed by atoms with van der Waals surface area (Å²) in [5.74, 6) is -0.637. The summed E-state index contributed by atoms with van der Waals surface area (Å²) in [5.41, 5.74) is 2.19. The third kappa shape index (κ3) is 5.56. The van der Waals surface area contributed by atoms with Crippen molar-refractivity contribution in [2.24, 2.45) is 5.92 Å². The first-order valence-electron chi connectivity index (χ1n) is 10.7. The van der Waals surface area contributed by atoms with Gasteiger partial charge in [0, 0.05) is 25.9 Å². The van der Waals surface area contributed by atoms with Gasteiger partial charge in [0.25, 0.3) is 0 Å². The van der Waals surface area contributed by atoms with E-state index >= 15 is 0 Å². The van der Waals surface area contributed by atoms with Crippen molar-refractivity contribution in [2.75, 3.05) is 18.4 Å². The monoisotopic (exact) mass is 452 g/mol. The number of nitrogens with zero attached hydrogens (tertiary/aromatic N) is 3. The SMILES string of the molecule is CC(Cc1nnc(NC(=O)C2CC(=O)N(CCc3ccc(F)cc3)C2)s1)c1ccccc1. The van der Waals surface area contributed by atoms with Gasteiger partial charge in [0.05, 0.1) is 5.92 Å². The Morgan fingerprint density at radius 1 is 1.19 bits per heavy atom. The molecule has 0 aliphatic carbocycles. The Balaban J connectivity index is 1.28. The first-order valence-corrected chi connectivity index (χ1v) is 11.5.